The molecule has 5 N–H and O–H groups in total. The van der Waals surface area contributed by atoms with Gasteiger partial charge in [-0.2, -0.15) is 0 Å². The standard InChI is InChI=1S/C38H56N6/c1-10-15-16-20-29(7)43(14-5)35(19-12-3)31(9)44-26-25-41-38(40)37(44)36(39)34-22-17-21-33(23-24-34)30(8)42-28(6)27-32(13-4)18-11-2/h11,16,18,20-27,31,35,42H,6-8,10,12-15,17,19,39H2,1-5,9H3,(H2,40,41)/b18-11-,20-16+,32-27-,37-36-. The van der Waals surface area contributed by atoms with E-state index in [1.165, 1.54) is 5.57 Å². The molecule has 1 aliphatic carbocycles. The van der Waals surface area contributed by atoms with Crippen LogP contribution in [-0.4, -0.2) is 34.3 Å². The maximum absolute atomic E-state index is 6.93. The van der Waals surface area contributed by atoms with Crippen molar-refractivity contribution in [1.29, 1.82) is 0 Å². The average Bonchev–Trinajstić information content (AvgIpc) is 3.27. The first-order chi connectivity index (χ1) is 21.1. The maximum atomic E-state index is 6.93. The number of hydrogen-bond donors (Lipinski definition) is 3. The lowest BCUT2D eigenvalue weighted by atomic mass is 9.98. The van der Waals surface area contributed by atoms with Crippen molar-refractivity contribution in [1.82, 2.24) is 15.1 Å². The van der Waals surface area contributed by atoms with Crippen LogP contribution in [0.25, 0.3) is 0 Å². The number of aliphatic imine (C=N–C) groups is 1. The summed E-state index contributed by atoms with van der Waals surface area (Å²) >= 11 is 0. The lowest BCUT2D eigenvalue weighted by molar-refractivity contribution is 0.164. The fourth-order valence-electron chi connectivity index (χ4n) is 5.54. The highest BCUT2D eigenvalue weighted by atomic mass is 15.3. The smallest absolute Gasteiger partial charge is 0.149 e. The molecule has 2 atom stereocenters. The zero-order valence-electron chi connectivity index (χ0n) is 28.1. The second-order valence-electron chi connectivity index (χ2n) is 11.1. The third-order valence-corrected chi connectivity index (χ3v) is 7.89. The fraction of sp³-hybridized carbons (Fsp3) is 0.395. The second kappa shape index (κ2) is 18.5. The number of unbranched alkanes of at least 4 members (excludes halogenated alkanes) is 1. The summed E-state index contributed by atoms with van der Waals surface area (Å²) in [7, 11) is 0. The van der Waals surface area contributed by atoms with E-state index in [0.29, 0.717) is 18.0 Å². The molecule has 0 saturated heterocycles. The van der Waals surface area contributed by atoms with Gasteiger partial charge in [0, 0.05) is 42.1 Å². The Kier molecular flexibility index (Phi) is 15.1. The van der Waals surface area contributed by atoms with E-state index < -0.39 is 0 Å². The minimum atomic E-state index is 0.0627. The fourth-order valence-corrected chi connectivity index (χ4v) is 5.54. The average molecular weight is 597 g/mol. The van der Waals surface area contributed by atoms with E-state index in [4.69, 9.17) is 11.5 Å². The van der Waals surface area contributed by atoms with Gasteiger partial charge in [-0.3, -0.25) is 0 Å². The van der Waals surface area contributed by atoms with Crippen LogP contribution in [0.2, 0.25) is 0 Å². The van der Waals surface area contributed by atoms with Crippen LogP contribution in [0.15, 0.2) is 137 Å². The van der Waals surface area contributed by atoms with Crippen molar-refractivity contribution < 1.29 is 0 Å². The molecular weight excluding hydrogens is 540 g/mol. The highest BCUT2D eigenvalue weighted by Gasteiger charge is 2.31. The van der Waals surface area contributed by atoms with Gasteiger partial charge in [0.2, 0.25) is 0 Å². The van der Waals surface area contributed by atoms with E-state index in [1.807, 2.05) is 31.4 Å². The minimum Gasteiger partial charge on any atom is -0.396 e. The quantitative estimate of drug-likeness (QED) is 0.147. The molecular formula is C38H56N6. The molecule has 2 unspecified atom stereocenters. The Morgan fingerprint density at radius 3 is 2.43 bits per heavy atom. The number of nitrogens with zero attached hydrogens (tertiary/aromatic N) is 3. The Bertz CT molecular complexity index is 1310. The summed E-state index contributed by atoms with van der Waals surface area (Å²) in [6, 6.07) is 0.263. The monoisotopic (exact) mass is 596 g/mol. The van der Waals surface area contributed by atoms with Gasteiger partial charge in [-0.25, -0.2) is 4.99 Å². The van der Waals surface area contributed by atoms with Crippen LogP contribution in [0.3, 0.4) is 0 Å². The molecule has 1 heterocycles. The molecule has 44 heavy (non-hydrogen) atoms. The van der Waals surface area contributed by atoms with E-state index in [2.05, 4.69) is 111 Å². The molecule has 0 saturated carbocycles. The summed E-state index contributed by atoms with van der Waals surface area (Å²) < 4.78 is 0. The molecule has 2 aliphatic rings. The van der Waals surface area contributed by atoms with Gasteiger partial charge in [0.05, 0.1) is 11.7 Å². The highest BCUT2D eigenvalue weighted by molar-refractivity contribution is 5.99. The van der Waals surface area contributed by atoms with Crippen molar-refractivity contribution in [2.24, 2.45) is 16.5 Å². The predicted octanol–water partition coefficient (Wildman–Crippen LogP) is 8.39. The molecule has 0 fully saturated rings. The lowest BCUT2D eigenvalue weighted by Crippen LogP contribution is -2.50. The Balaban J connectivity index is 2.36. The predicted molar refractivity (Wildman–Crippen MR) is 192 cm³/mol. The second-order valence-corrected chi connectivity index (χ2v) is 11.1. The van der Waals surface area contributed by atoms with Gasteiger partial charge in [0.15, 0.2) is 0 Å². The van der Waals surface area contributed by atoms with E-state index in [-0.39, 0.29) is 12.1 Å². The SMILES string of the molecule is C=C(/C=C(\C=C/C)CC)NC(=C)C1=CCC=C(/C(N)=C2\C(N)=NC=CN2C(C)C(CCC)N(CC)C(=C)/C=C/CCC)C=C1. The molecule has 2 rings (SSSR count). The third-order valence-electron chi connectivity index (χ3n) is 7.89. The highest BCUT2D eigenvalue weighted by Crippen LogP contribution is 2.29. The lowest BCUT2D eigenvalue weighted by Gasteiger charge is -2.43. The normalized spacial score (nSPS) is 18.0. The summed E-state index contributed by atoms with van der Waals surface area (Å²) in [4.78, 5) is 9.02. The van der Waals surface area contributed by atoms with E-state index >= 15 is 0 Å². The van der Waals surface area contributed by atoms with Crippen LogP contribution >= 0.6 is 0 Å². The number of hydrogen-bond acceptors (Lipinski definition) is 6. The molecule has 238 valence electrons. The summed E-state index contributed by atoms with van der Waals surface area (Å²) in [5.41, 5.74) is 20.5. The number of nitrogens with two attached hydrogens (primary N) is 2. The minimum absolute atomic E-state index is 0.0627. The van der Waals surface area contributed by atoms with Crippen LogP contribution in [-0.2, 0) is 0 Å². The van der Waals surface area contributed by atoms with Gasteiger partial charge in [-0.15, -0.1) is 0 Å². The van der Waals surface area contributed by atoms with Gasteiger partial charge in [0.25, 0.3) is 0 Å². The number of amidine groups is 1. The Labute approximate surface area is 267 Å². The summed E-state index contributed by atoms with van der Waals surface area (Å²) in [5, 5.41) is 3.34. The first-order valence-corrected chi connectivity index (χ1v) is 16.1. The molecule has 6 heteroatoms. The van der Waals surface area contributed by atoms with E-state index in [1.54, 1.807) is 6.20 Å². The van der Waals surface area contributed by atoms with Gasteiger partial charge >= 0.3 is 0 Å². The van der Waals surface area contributed by atoms with Crippen LogP contribution in [0.5, 0.6) is 0 Å². The maximum Gasteiger partial charge on any atom is 0.149 e. The number of allylic oxidation sites excluding steroid dienone is 10. The van der Waals surface area contributed by atoms with Crippen LogP contribution in [0.1, 0.15) is 80.1 Å². The van der Waals surface area contributed by atoms with Gasteiger partial charge in [-0.05, 0) is 75.3 Å². The van der Waals surface area contributed by atoms with Crippen LogP contribution in [0.4, 0.5) is 0 Å². The van der Waals surface area contributed by atoms with Crippen molar-refractivity contribution in [2.45, 2.75) is 92.2 Å². The Morgan fingerprint density at radius 2 is 1.80 bits per heavy atom. The van der Waals surface area contributed by atoms with Crippen molar-refractivity contribution >= 4 is 5.84 Å². The number of rotatable bonds is 17. The topological polar surface area (TPSA) is 82.9 Å². The molecule has 0 amide bonds. The summed E-state index contributed by atoms with van der Waals surface area (Å²) in [6.45, 7) is 26.7. The van der Waals surface area contributed by atoms with Gasteiger partial charge in [0.1, 0.15) is 11.5 Å². The van der Waals surface area contributed by atoms with Crippen molar-refractivity contribution in [3.63, 3.8) is 0 Å². The van der Waals surface area contributed by atoms with Crippen molar-refractivity contribution in [3.05, 3.63) is 132 Å². The molecule has 0 aromatic rings. The number of likely N-dealkylation sites (N-methyl/N-ethyl adjacent to an activating group) is 1. The molecule has 1 aliphatic heterocycles. The van der Waals surface area contributed by atoms with Crippen LogP contribution in [0, 0.1) is 0 Å². The molecule has 0 spiro atoms. The zero-order valence-corrected chi connectivity index (χ0v) is 28.1. The summed E-state index contributed by atoms with van der Waals surface area (Å²) in [5.74, 6) is 0.408. The molecule has 6 nitrogen and oxygen atoms in total. The largest absolute Gasteiger partial charge is 0.396 e. The molecule has 0 aromatic heterocycles. The number of nitrogens with one attached hydrogen (secondary N) is 1. The Morgan fingerprint density at radius 1 is 1.09 bits per heavy atom. The van der Waals surface area contributed by atoms with Crippen LogP contribution < -0.4 is 16.8 Å². The first-order valence-electron chi connectivity index (χ1n) is 16.1. The molecule has 0 bridgehead atoms. The zero-order chi connectivity index (χ0) is 32.6. The molecule has 0 radical (unpaired) electrons. The van der Waals surface area contributed by atoms with E-state index in [9.17, 15) is 0 Å². The summed E-state index contributed by atoms with van der Waals surface area (Å²) in [6.07, 6.45) is 28.4. The van der Waals surface area contributed by atoms with Crippen molar-refractivity contribution in [3.8, 4) is 0 Å². The molecule has 0 aromatic carbocycles. The third kappa shape index (κ3) is 9.94. The van der Waals surface area contributed by atoms with Gasteiger partial charge in [-0.1, -0.05) is 95.9 Å². The first kappa shape index (κ1) is 36.0. The van der Waals surface area contributed by atoms with Crippen molar-refractivity contribution in [2.75, 3.05) is 6.54 Å². The van der Waals surface area contributed by atoms with Gasteiger partial charge < -0.3 is 26.6 Å². The van der Waals surface area contributed by atoms with E-state index in [0.717, 1.165) is 72.6 Å². The Hall–Kier alpha value is -4.19.